The first-order chi connectivity index (χ1) is 6.94. The van der Waals surface area contributed by atoms with E-state index in [0.717, 1.165) is 0 Å². The summed E-state index contributed by atoms with van der Waals surface area (Å²) in [5, 5.41) is -4.48. The summed E-state index contributed by atoms with van der Waals surface area (Å²) in [5.41, 5.74) is -0.977. The lowest BCUT2D eigenvalue weighted by atomic mass is 9.91. The second kappa shape index (κ2) is 4.62. The quantitative estimate of drug-likeness (QED) is 0.597. The molecule has 0 aromatic heterocycles. The van der Waals surface area contributed by atoms with Gasteiger partial charge >= 0.3 is 21.3 Å². The van der Waals surface area contributed by atoms with Crippen LogP contribution in [-0.4, -0.2) is 30.8 Å². The Balaban J connectivity index is 4.55. The molecule has 0 aliphatic rings. The van der Waals surface area contributed by atoms with Crippen LogP contribution in [0.2, 0.25) is 0 Å². The molecule has 0 aromatic rings. The molecular weight excluding hydrogens is 246 g/mol. The highest BCUT2D eigenvalue weighted by Crippen LogP contribution is 2.25. The van der Waals surface area contributed by atoms with Crippen LogP contribution in [-0.2, 0) is 19.6 Å². The van der Waals surface area contributed by atoms with Gasteiger partial charge in [0.1, 0.15) is 0 Å². The minimum Gasteiger partial charge on any atom is -0.458 e. The lowest BCUT2D eigenvalue weighted by Gasteiger charge is -2.21. The summed E-state index contributed by atoms with van der Waals surface area (Å²) in [4.78, 5) is 11.2. The van der Waals surface area contributed by atoms with E-state index >= 15 is 0 Å². The predicted molar refractivity (Wildman–Crippen MR) is 51.5 cm³/mol. The molecule has 0 fully saturated rings. The van der Waals surface area contributed by atoms with Gasteiger partial charge in [-0.25, -0.2) is 0 Å². The lowest BCUT2D eigenvalue weighted by Crippen LogP contribution is -2.37. The van der Waals surface area contributed by atoms with Gasteiger partial charge in [-0.2, -0.15) is 17.2 Å². The lowest BCUT2D eigenvalue weighted by molar-refractivity contribution is -0.160. The summed E-state index contributed by atoms with van der Waals surface area (Å²) in [7, 11) is -5.56. The summed E-state index contributed by atoms with van der Waals surface area (Å²) in [5.74, 6) is -0.946. The van der Waals surface area contributed by atoms with Crippen LogP contribution in [0.5, 0.6) is 0 Å². The summed E-state index contributed by atoms with van der Waals surface area (Å²) in [6.07, 6.45) is 0.350. The molecule has 5 nitrogen and oxygen atoms in total. The number of esters is 1. The van der Waals surface area contributed by atoms with Crippen molar-refractivity contribution in [2.24, 2.45) is 5.41 Å². The van der Waals surface area contributed by atoms with Crippen molar-refractivity contribution in [3.8, 4) is 0 Å². The van der Waals surface area contributed by atoms with Crippen molar-refractivity contribution in [3.63, 3.8) is 0 Å². The Morgan fingerprint density at radius 3 is 2.12 bits per heavy atom. The molecule has 0 aliphatic carbocycles. The Morgan fingerprint density at radius 1 is 1.38 bits per heavy atom. The molecule has 0 radical (unpaired) electrons. The number of carbonyl (C=O) groups is 1. The average molecular weight is 260 g/mol. The first-order valence-corrected chi connectivity index (χ1v) is 5.90. The fourth-order valence-corrected chi connectivity index (χ4v) is 0.772. The van der Waals surface area contributed by atoms with Gasteiger partial charge in [0.15, 0.2) is 6.61 Å². The molecule has 0 saturated heterocycles. The van der Waals surface area contributed by atoms with Crippen molar-refractivity contribution in [2.45, 2.75) is 32.4 Å². The fraction of sp³-hybridized carbons (Fsp3) is 0.875. The van der Waals surface area contributed by atoms with Gasteiger partial charge in [-0.15, -0.1) is 0 Å². The van der Waals surface area contributed by atoms with E-state index in [1.807, 2.05) is 0 Å². The SMILES string of the molecule is CCC(C)(C)C(=O)OCC(F)(F)S(=O)(=O)O. The maximum absolute atomic E-state index is 12.7. The molecule has 0 aromatic carbocycles. The third-order valence-electron chi connectivity index (χ3n) is 2.19. The standard InChI is InChI=1S/C8H14F2O5S/c1-4-7(2,3)6(11)15-5-8(9,10)16(12,13)14/h4-5H2,1-3H3,(H,12,13,14). The van der Waals surface area contributed by atoms with Gasteiger partial charge in [-0.05, 0) is 20.3 Å². The third-order valence-corrected chi connectivity index (χ3v) is 3.06. The van der Waals surface area contributed by atoms with Crippen molar-refractivity contribution < 1.29 is 31.3 Å². The Morgan fingerprint density at radius 2 is 1.81 bits per heavy atom. The molecule has 0 heterocycles. The topological polar surface area (TPSA) is 80.7 Å². The Bertz CT molecular complexity index is 361. The normalized spacial score (nSPS) is 13.6. The van der Waals surface area contributed by atoms with Crippen molar-refractivity contribution >= 4 is 16.1 Å². The molecule has 1 N–H and O–H groups in total. The number of hydrogen-bond acceptors (Lipinski definition) is 4. The fourth-order valence-electron chi connectivity index (χ4n) is 0.564. The molecule has 0 atom stereocenters. The van der Waals surface area contributed by atoms with E-state index in [1.165, 1.54) is 13.8 Å². The van der Waals surface area contributed by atoms with Crippen LogP contribution in [0.15, 0.2) is 0 Å². The molecule has 0 saturated carbocycles. The van der Waals surface area contributed by atoms with Crippen LogP contribution in [0.4, 0.5) is 8.78 Å². The summed E-state index contributed by atoms with van der Waals surface area (Å²) in [6.45, 7) is 2.91. The van der Waals surface area contributed by atoms with Gasteiger partial charge < -0.3 is 4.74 Å². The van der Waals surface area contributed by atoms with Crippen LogP contribution in [0.3, 0.4) is 0 Å². The Kier molecular flexibility index (Phi) is 4.40. The Hall–Kier alpha value is -0.760. The zero-order chi connectivity index (χ0) is 13.2. The molecule has 0 aliphatic heterocycles. The molecule has 8 heteroatoms. The highest BCUT2D eigenvalue weighted by Gasteiger charge is 2.46. The van der Waals surface area contributed by atoms with E-state index in [-0.39, 0.29) is 0 Å². The third kappa shape index (κ3) is 3.67. The zero-order valence-electron chi connectivity index (χ0n) is 9.16. The van der Waals surface area contributed by atoms with Gasteiger partial charge in [-0.1, -0.05) is 6.92 Å². The summed E-state index contributed by atoms with van der Waals surface area (Å²) in [6, 6.07) is 0. The van der Waals surface area contributed by atoms with E-state index in [2.05, 4.69) is 4.74 Å². The zero-order valence-corrected chi connectivity index (χ0v) is 9.98. The van der Waals surface area contributed by atoms with Crippen molar-refractivity contribution in [1.82, 2.24) is 0 Å². The predicted octanol–water partition coefficient (Wildman–Crippen LogP) is 1.45. The number of carbonyl (C=O) groups excluding carboxylic acids is 1. The average Bonchev–Trinajstić information content (AvgIpc) is 2.12. The molecular formula is C8H14F2O5S. The van der Waals surface area contributed by atoms with Gasteiger partial charge in [0.05, 0.1) is 5.41 Å². The summed E-state index contributed by atoms with van der Waals surface area (Å²) < 4.78 is 58.0. The van der Waals surface area contributed by atoms with Crippen LogP contribution in [0.1, 0.15) is 27.2 Å². The van der Waals surface area contributed by atoms with Gasteiger partial charge in [0.2, 0.25) is 0 Å². The highest BCUT2D eigenvalue weighted by atomic mass is 32.2. The monoisotopic (exact) mass is 260 g/mol. The highest BCUT2D eigenvalue weighted by molar-refractivity contribution is 7.86. The molecule has 96 valence electrons. The largest absolute Gasteiger partial charge is 0.458 e. The molecule has 0 spiro atoms. The maximum atomic E-state index is 12.7. The Labute approximate surface area is 92.5 Å². The number of ether oxygens (including phenoxy) is 1. The van der Waals surface area contributed by atoms with Crippen molar-refractivity contribution in [3.05, 3.63) is 0 Å². The van der Waals surface area contributed by atoms with Crippen LogP contribution >= 0.6 is 0 Å². The molecule has 0 unspecified atom stereocenters. The second-order valence-corrected chi connectivity index (χ2v) is 5.47. The van der Waals surface area contributed by atoms with E-state index < -0.39 is 33.4 Å². The van der Waals surface area contributed by atoms with Crippen LogP contribution < -0.4 is 0 Å². The van der Waals surface area contributed by atoms with E-state index in [1.54, 1.807) is 6.92 Å². The van der Waals surface area contributed by atoms with E-state index in [0.29, 0.717) is 6.42 Å². The van der Waals surface area contributed by atoms with Gasteiger partial charge in [-0.3, -0.25) is 9.35 Å². The van der Waals surface area contributed by atoms with Gasteiger partial charge in [0.25, 0.3) is 0 Å². The number of alkyl halides is 2. The smallest absolute Gasteiger partial charge is 0.402 e. The van der Waals surface area contributed by atoms with E-state index in [4.69, 9.17) is 4.55 Å². The van der Waals surface area contributed by atoms with Crippen molar-refractivity contribution in [1.29, 1.82) is 0 Å². The molecule has 0 amide bonds. The van der Waals surface area contributed by atoms with Crippen LogP contribution in [0, 0.1) is 5.41 Å². The minimum absolute atomic E-state index is 0.350. The van der Waals surface area contributed by atoms with Crippen molar-refractivity contribution in [2.75, 3.05) is 6.61 Å². The maximum Gasteiger partial charge on any atom is 0.402 e. The first kappa shape index (κ1) is 15.2. The number of rotatable bonds is 5. The van der Waals surface area contributed by atoms with Crippen LogP contribution in [0.25, 0.3) is 0 Å². The minimum atomic E-state index is -5.56. The second-order valence-electron chi connectivity index (χ2n) is 3.93. The molecule has 0 rings (SSSR count). The van der Waals surface area contributed by atoms with E-state index in [9.17, 15) is 22.0 Å². The molecule has 16 heavy (non-hydrogen) atoms. The summed E-state index contributed by atoms with van der Waals surface area (Å²) >= 11 is 0. The van der Waals surface area contributed by atoms with Gasteiger partial charge in [0, 0.05) is 0 Å². The first-order valence-electron chi connectivity index (χ1n) is 4.46. The molecule has 0 bridgehead atoms. The number of hydrogen-bond donors (Lipinski definition) is 1. The number of halogens is 2.